The van der Waals surface area contributed by atoms with Gasteiger partial charge in [-0.2, -0.15) is 13.2 Å². The van der Waals surface area contributed by atoms with Crippen LogP contribution in [0.1, 0.15) is 11.1 Å². The normalized spacial score (nSPS) is 12.6. The fourth-order valence-electron chi connectivity index (χ4n) is 1.50. The second-order valence-corrected chi connectivity index (χ2v) is 3.89. The highest BCUT2D eigenvalue weighted by molar-refractivity contribution is 6.38. The van der Waals surface area contributed by atoms with Crippen molar-refractivity contribution in [1.29, 1.82) is 5.41 Å². The van der Waals surface area contributed by atoms with Gasteiger partial charge in [-0.1, -0.05) is 12.1 Å². The minimum atomic E-state index is -4.41. The van der Waals surface area contributed by atoms with E-state index in [2.05, 4.69) is 4.65 Å². The molecule has 1 aromatic rings. The zero-order valence-corrected chi connectivity index (χ0v) is 9.78. The maximum absolute atomic E-state index is 12.3. The van der Waals surface area contributed by atoms with Crippen molar-refractivity contribution in [3.05, 3.63) is 35.4 Å². The number of hydrogen-bond donors (Lipinski definition) is 2. The van der Waals surface area contributed by atoms with Crippen molar-refractivity contribution in [2.24, 2.45) is 0 Å². The van der Waals surface area contributed by atoms with E-state index < -0.39 is 23.5 Å². The van der Waals surface area contributed by atoms with Gasteiger partial charge in [0.15, 0.2) is 0 Å². The van der Waals surface area contributed by atoms with Crippen molar-refractivity contribution in [3.8, 4) is 0 Å². The Kier molecular flexibility index (Phi) is 4.97. The summed E-state index contributed by atoms with van der Waals surface area (Å²) >= 11 is 0. The molecular weight excluding hydrogens is 262 g/mol. The highest BCUT2D eigenvalue weighted by Gasteiger charge is 2.30. The largest absolute Gasteiger partial charge is 0.556 e. The van der Waals surface area contributed by atoms with Crippen LogP contribution >= 0.6 is 0 Å². The van der Waals surface area contributed by atoms with Gasteiger partial charge < -0.3 is 9.76 Å². The lowest BCUT2D eigenvalue weighted by atomic mass is 9.76. The summed E-state index contributed by atoms with van der Waals surface area (Å²) in [5.74, 6) is -2.03. The van der Waals surface area contributed by atoms with E-state index in [1.165, 1.54) is 12.1 Å². The summed E-state index contributed by atoms with van der Waals surface area (Å²) in [5.41, 5.74) is -0.312. The second-order valence-electron chi connectivity index (χ2n) is 3.89. The molecule has 102 valence electrons. The van der Waals surface area contributed by atoms with E-state index >= 15 is 0 Å². The van der Waals surface area contributed by atoms with E-state index in [1.807, 2.05) is 0 Å². The van der Waals surface area contributed by atoms with Gasteiger partial charge in [0, 0.05) is 0 Å². The zero-order chi connectivity index (χ0) is 14.5. The lowest BCUT2D eigenvalue weighted by Crippen LogP contribution is -2.19. The maximum atomic E-state index is 12.3. The average molecular weight is 273 g/mol. The molecule has 0 aliphatic rings. The molecule has 8 heteroatoms. The molecule has 0 saturated carbocycles. The van der Waals surface area contributed by atoms with Crippen LogP contribution in [0.4, 0.5) is 13.2 Å². The number of alkyl halides is 3. The third kappa shape index (κ3) is 4.65. The van der Waals surface area contributed by atoms with E-state index in [4.69, 9.17) is 10.5 Å². The number of nitrogens with one attached hydrogen (secondary N) is 1. The first kappa shape index (κ1) is 15.1. The minimum absolute atomic E-state index is 0.0430. The van der Waals surface area contributed by atoms with Crippen molar-refractivity contribution in [2.75, 3.05) is 0 Å². The fourth-order valence-corrected chi connectivity index (χ4v) is 1.50. The number of carboxylic acid groups (broad SMARTS) is 1. The van der Waals surface area contributed by atoms with Gasteiger partial charge in [0.2, 0.25) is 0 Å². The Balaban J connectivity index is 2.75. The summed E-state index contributed by atoms with van der Waals surface area (Å²) < 4.78 is 41.6. The molecule has 2 N–H and O–H groups in total. The summed E-state index contributed by atoms with van der Waals surface area (Å²) in [4.78, 5) is 10.9. The maximum Gasteiger partial charge on any atom is 0.416 e. The van der Waals surface area contributed by atoms with E-state index in [0.717, 1.165) is 12.1 Å². The molecule has 0 aliphatic heterocycles. The summed E-state index contributed by atoms with van der Waals surface area (Å²) in [7, 11) is -0.195. The van der Waals surface area contributed by atoms with Crippen LogP contribution in [0.15, 0.2) is 24.3 Å². The molecule has 1 rings (SSSR count). The van der Waals surface area contributed by atoms with Gasteiger partial charge in [-0.15, -0.1) is 0 Å². The van der Waals surface area contributed by atoms with E-state index in [0.29, 0.717) is 12.0 Å². The highest BCUT2D eigenvalue weighted by Crippen LogP contribution is 2.29. The van der Waals surface area contributed by atoms with Crippen molar-refractivity contribution >= 4 is 19.9 Å². The molecule has 0 fully saturated rings. The van der Waals surface area contributed by atoms with Crippen LogP contribution < -0.4 is 0 Å². The minimum Gasteiger partial charge on any atom is -0.556 e. The number of hydrogen-bond acceptors (Lipinski definition) is 3. The van der Waals surface area contributed by atoms with Gasteiger partial charge in [-0.3, -0.25) is 10.2 Å². The van der Waals surface area contributed by atoms with Gasteiger partial charge in [0.05, 0.1) is 11.4 Å². The summed E-state index contributed by atoms with van der Waals surface area (Å²) in [5, 5.41) is 15.6. The Bertz CT molecular complexity index is 447. The number of carboxylic acids is 1. The van der Waals surface area contributed by atoms with Crippen LogP contribution in [0.3, 0.4) is 0 Å². The number of rotatable bonds is 6. The smallest absolute Gasteiger partial charge is 0.416 e. The lowest BCUT2D eigenvalue weighted by Gasteiger charge is -2.11. The molecule has 0 amide bonds. The molecule has 0 radical (unpaired) electrons. The Morgan fingerprint density at radius 2 is 2.00 bits per heavy atom. The Hall–Kier alpha value is -1.99. The van der Waals surface area contributed by atoms with Gasteiger partial charge in [-0.25, -0.2) is 0 Å². The number of carbonyl (C=O) groups is 1. The van der Waals surface area contributed by atoms with Crippen molar-refractivity contribution in [3.63, 3.8) is 0 Å². The topological polar surface area (TPSA) is 70.4 Å². The molecule has 4 nitrogen and oxygen atoms in total. The summed E-state index contributed by atoms with van der Waals surface area (Å²) in [6.45, 7) is 0. The first-order chi connectivity index (χ1) is 8.84. The van der Waals surface area contributed by atoms with Crippen molar-refractivity contribution < 1.29 is 27.7 Å². The molecule has 0 heterocycles. The lowest BCUT2D eigenvalue weighted by molar-refractivity contribution is -0.138. The van der Waals surface area contributed by atoms with E-state index in [1.54, 1.807) is 0 Å². The number of benzene rings is 1. The number of halogens is 3. The third-order valence-corrected chi connectivity index (χ3v) is 2.49. The van der Waals surface area contributed by atoms with E-state index in [9.17, 15) is 18.0 Å². The molecule has 1 atom stereocenters. The SMILES string of the molecule is N=COB[C@H](Cc1ccc(C(F)(F)F)cc1)C(=O)O. The highest BCUT2D eigenvalue weighted by atomic mass is 19.4. The molecule has 0 bridgehead atoms. The predicted octanol–water partition coefficient (Wildman–Crippen LogP) is 2.10. The van der Waals surface area contributed by atoms with E-state index in [-0.39, 0.29) is 13.9 Å². The van der Waals surface area contributed by atoms with Gasteiger partial charge in [0.1, 0.15) is 6.40 Å². The Labute approximate surface area is 108 Å². The summed E-state index contributed by atoms with van der Waals surface area (Å²) in [6.07, 6.45) is -3.74. The molecule has 0 aromatic heterocycles. The average Bonchev–Trinajstić information content (AvgIpc) is 2.33. The first-order valence-corrected chi connectivity index (χ1v) is 5.34. The van der Waals surface area contributed by atoms with Crippen LogP contribution in [0.2, 0.25) is 5.82 Å². The van der Waals surface area contributed by atoms with Crippen LogP contribution in [-0.2, 0) is 22.0 Å². The third-order valence-electron chi connectivity index (χ3n) is 2.49. The molecule has 0 spiro atoms. The van der Waals surface area contributed by atoms with Crippen LogP contribution in [-0.4, -0.2) is 25.0 Å². The quantitative estimate of drug-likeness (QED) is 0.473. The van der Waals surface area contributed by atoms with Gasteiger partial charge in [0.25, 0.3) is 0 Å². The Morgan fingerprint density at radius 3 is 2.42 bits per heavy atom. The van der Waals surface area contributed by atoms with Crippen LogP contribution in [0, 0.1) is 5.41 Å². The molecule has 0 unspecified atom stereocenters. The zero-order valence-electron chi connectivity index (χ0n) is 9.78. The van der Waals surface area contributed by atoms with Crippen molar-refractivity contribution in [2.45, 2.75) is 18.4 Å². The van der Waals surface area contributed by atoms with Crippen LogP contribution in [0.5, 0.6) is 0 Å². The predicted molar refractivity (Wildman–Crippen MR) is 63.6 cm³/mol. The van der Waals surface area contributed by atoms with Gasteiger partial charge >= 0.3 is 19.6 Å². The first-order valence-electron chi connectivity index (χ1n) is 5.34. The summed E-state index contributed by atoms with van der Waals surface area (Å²) in [6, 6.07) is 4.30. The molecule has 19 heavy (non-hydrogen) atoms. The second kappa shape index (κ2) is 6.26. The van der Waals surface area contributed by atoms with Gasteiger partial charge in [-0.05, 0) is 24.1 Å². The molecule has 0 saturated heterocycles. The van der Waals surface area contributed by atoms with Crippen LogP contribution in [0.25, 0.3) is 0 Å². The molecule has 0 aliphatic carbocycles. The monoisotopic (exact) mass is 273 g/mol. The Morgan fingerprint density at radius 1 is 1.42 bits per heavy atom. The van der Waals surface area contributed by atoms with Crippen molar-refractivity contribution in [1.82, 2.24) is 0 Å². The standard InChI is InChI=1S/C11H11BF3NO3/c13-11(14,15)8-3-1-7(2-4-8)5-9(10(17)18)12-19-6-16/h1-4,6,9,12,16H,5H2,(H,17,18)/t9-/m1/s1. The molecule has 1 aromatic carbocycles. The molecular formula is C11H11BF3NO3. The number of aliphatic carboxylic acids is 1. The fraction of sp³-hybridized carbons (Fsp3) is 0.273.